The highest BCUT2D eigenvalue weighted by molar-refractivity contribution is 7.89. The predicted molar refractivity (Wildman–Crippen MR) is 81.2 cm³/mol. The van der Waals surface area contributed by atoms with Crippen LogP contribution in [0.2, 0.25) is 0 Å². The number of halogens is 3. The SMILES string of the molecule is O=S(=O)(NCc1cc(C2CC2)ncn1)c1ccc(OC(F)(F)F)cc1. The fraction of sp³-hybridized carbons (Fsp3) is 0.333. The summed E-state index contributed by atoms with van der Waals surface area (Å²) in [5.74, 6) is -0.0733. The normalized spacial score (nSPS) is 15.2. The summed E-state index contributed by atoms with van der Waals surface area (Å²) in [4.78, 5) is 8.00. The van der Waals surface area contributed by atoms with Crippen LogP contribution in [-0.2, 0) is 16.6 Å². The lowest BCUT2D eigenvalue weighted by molar-refractivity contribution is -0.274. The number of aromatic nitrogens is 2. The minimum absolute atomic E-state index is 0.0363. The van der Waals surface area contributed by atoms with E-state index in [0.717, 1.165) is 42.8 Å². The van der Waals surface area contributed by atoms with Crippen molar-refractivity contribution in [2.45, 2.75) is 36.6 Å². The Morgan fingerprint density at radius 1 is 1.16 bits per heavy atom. The molecule has 10 heteroatoms. The lowest BCUT2D eigenvalue weighted by Crippen LogP contribution is -2.24. The molecule has 1 saturated carbocycles. The second kappa shape index (κ2) is 6.60. The molecule has 134 valence electrons. The molecule has 0 amide bonds. The molecule has 6 nitrogen and oxygen atoms in total. The number of rotatable bonds is 6. The van der Waals surface area contributed by atoms with E-state index in [1.54, 1.807) is 6.07 Å². The Kier molecular flexibility index (Phi) is 4.65. The molecule has 1 heterocycles. The monoisotopic (exact) mass is 373 g/mol. The summed E-state index contributed by atoms with van der Waals surface area (Å²) in [5, 5.41) is 0. The Bertz CT molecular complexity index is 850. The van der Waals surface area contributed by atoms with Crippen LogP contribution < -0.4 is 9.46 Å². The minimum atomic E-state index is -4.83. The second-order valence-corrected chi connectivity index (χ2v) is 7.32. The zero-order valence-corrected chi connectivity index (χ0v) is 13.6. The number of hydrogen-bond acceptors (Lipinski definition) is 5. The van der Waals surface area contributed by atoms with Gasteiger partial charge in [-0.1, -0.05) is 0 Å². The molecule has 0 aliphatic heterocycles. The first-order chi connectivity index (χ1) is 11.7. The molecule has 1 aromatic heterocycles. The zero-order valence-electron chi connectivity index (χ0n) is 12.8. The first-order valence-electron chi connectivity index (χ1n) is 7.39. The topological polar surface area (TPSA) is 81.2 Å². The molecule has 1 fully saturated rings. The van der Waals surface area contributed by atoms with Gasteiger partial charge in [0.05, 0.1) is 17.1 Å². The number of ether oxygens (including phenoxy) is 1. The van der Waals surface area contributed by atoms with E-state index in [9.17, 15) is 21.6 Å². The van der Waals surface area contributed by atoms with Crippen molar-refractivity contribution >= 4 is 10.0 Å². The van der Waals surface area contributed by atoms with Gasteiger partial charge in [-0.15, -0.1) is 13.2 Å². The Labute approximate surface area is 142 Å². The van der Waals surface area contributed by atoms with Gasteiger partial charge in [0.15, 0.2) is 0 Å². The molecular weight excluding hydrogens is 359 g/mol. The van der Waals surface area contributed by atoms with Crippen LogP contribution in [0, 0.1) is 0 Å². The van der Waals surface area contributed by atoms with Gasteiger partial charge >= 0.3 is 6.36 Å². The van der Waals surface area contributed by atoms with Crippen LogP contribution in [0.25, 0.3) is 0 Å². The molecule has 3 rings (SSSR count). The molecule has 0 atom stereocenters. The Morgan fingerprint density at radius 2 is 1.84 bits per heavy atom. The molecule has 25 heavy (non-hydrogen) atoms. The maximum Gasteiger partial charge on any atom is 0.573 e. The first-order valence-corrected chi connectivity index (χ1v) is 8.87. The molecule has 0 saturated heterocycles. The summed E-state index contributed by atoms with van der Waals surface area (Å²) in [5.41, 5.74) is 1.41. The molecule has 0 bridgehead atoms. The van der Waals surface area contributed by atoms with Crippen LogP contribution in [0.4, 0.5) is 13.2 Å². The summed E-state index contributed by atoms with van der Waals surface area (Å²) in [7, 11) is -3.88. The van der Waals surface area contributed by atoms with Crippen molar-refractivity contribution in [1.82, 2.24) is 14.7 Å². The third kappa shape index (κ3) is 4.89. The molecule has 0 unspecified atom stereocenters. The first kappa shape index (κ1) is 17.6. The van der Waals surface area contributed by atoms with Crippen LogP contribution in [0.5, 0.6) is 5.75 Å². The summed E-state index contributed by atoms with van der Waals surface area (Å²) in [6.07, 6.45) is -1.31. The fourth-order valence-electron chi connectivity index (χ4n) is 2.19. The van der Waals surface area contributed by atoms with Gasteiger partial charge < -0.3 is 4.74 Å². The van der Waals surface area contributed by atoms with Gasteiger partial charge in [0.25, 0.3) is 0 Å². The van der Waals surface area contributed by atoms with Crippen molar-refractivity contribution in [1.29, 1.82) is 0 Å². The van der Waals surface area contributed by atoms with E-state index in [-0.39, 0.29) is 11.4 Å². The fourth-order valence-corrected chi connectivity index (χ4v) is 3.19. The van der Waals surface area contributed by atoms with Gasteiger partial charge in [-0.05, 0) is 43.2 Å². The van der Waals surface area contributed by atoms with Gasteiger partial charge in [-0.3, -0.25) is 0 Å². The standard InChI is InChI=1S/C15H14F3N3O3S/c16-15(17,18)24-12-3-5-13(6-4-12)25(22,23)21-8-11-7-14(10-1-2-10)20-9-19-11/h3-7,9-10,21H,1-2,8H2. The molecule has 2 aromatic rings. The molecule has 1 aliphatic rings. The average molecular weight is 373 g/mol. The molecular formula is C15H14F3N3O3S. The van der Waals surface area contributed by atoms with Crippen molar-refractivity contribution in [2.75, 3.05) is 0 Å². The maximum atomic E-state index is 12.2. The van der Waals surface area contributed by atoms with Crippen LogP contribution >= 0.6 is 0 Å². The summed E-state index contributed by atoms with van der Waals surface area (Å²) in [6, 6.07) is 5.72. The Morgan fingerprint density at radius 3 is 2.44 bits per heavy atom. The van der Waals surface area contributed by atoms with Crippen LogP contribution in [0.1, 0.15) is 30.1 Å². The quantitative estimate of drug-likeness (QED) is 0.842. The lowest BCUT2D eigenvalue weighted by atomic mass is 10.2. The van der Waals surface area contributed by atoms with Crippen LogP contribution in [0.15, 0.2) is 41.6 Å². The average Bonchev–Trinajstić information content (AvgIpc) is 3.37. The number of benzene rings is 1. The van der Waals surface area contributed by atoms with Crippen molar-refractivity contribution < 1.29 is 26.3 Å². The zero-order chi connectivity index (χ0) is 18.1. The third-order valence-corrected chi connectivity index (χ3v) is 4.97. The highest BCUT2D eigenvalue weighted by Gasteiger charge is 2.31. The van der Waals surface area contributed by atoms with Gasteiger partial charge in [-0.25, -0.2) is 23.1 Å². The predicted octanol–water partition coefficient (Wildman–Crippen LogP) is 2.73. The highest BCUT2D eigenvalue weighted by Crippen LogP contribution is 2.38. The number of nitrogens with one attached hydrogen (secondary N) is 1. The van der Waals surface area contributed by atoms with Crippen molar-refractivity contribution in [3.05, 3.63) is 48.0 Å². The molecule has 1 N–H and O–H groups in total. The van der Waals surface area contributed by atoms with Crippen molar-refractivity contribution in [3.63, 3.8) is 0 Å². The summed E-state index contributed by atoms with van der Waals surface area (Å²) < 4.78 is 66.8. The number of hydrogen-bond donors (Lipinski definition) is 1. The highest BCUT2D eigenvalue weighted by atomic mass is 32.2. The van der Waals surface area contributed by atoms with Gasteiger partial charge in [0.2, 0.25) is 10.0 Å². The van der Waals surface area contributed by atoms with Crippen molar-refractivity contribution in [2.24, 2.45) is 0 Å². The molecule has 0 spiro atoms. The van der Waals surface area contributed by atoms with E-state index in [4.69, 9.17) is 0 Å². The second-order valence-electron chi connectivity index (χ2n) is 5.55. The largest absolute Gasteiger partial charge is 0.573 e. The van der Waals surface area contributed by atoms with E-state index >= 15 is 0 Å². The maximum absolute atomic E-state index is 12.2. The van der Waals surface area contributed by atoms with E-state index in [1.165, 1.54) is 6.33 Å². The number of alkyl halides is 3. The third-order valence-electron chi connectivity index (χ3n) is 3.55. The van der Waals surface area contributed by atoms with Crippen molar-refractivity contribution in [3.8, 4) is 5.75 Å². The van der Waals surface area contributed by atoms with E-state index in [1.807, 2.05) is 0 Å². The van der Waals surface area contributed by atoms with E-state index in [2.05, 4.69) is 19.4 Å². The Balaban J connectivity index is 1.66. The van der Waals surface area contributed by atoms with Gasteiger partial charge in [-0.2, -0.15) is 0 Å². The molecule has 1 aromatic carbocycles. The molecule has 0 radical (unpaired) electrons. The van der Waals surface area contributed by atoms with Gasteiger partial charge in [0.1, 0.15) is 12.1 Å². The number of sulfonamides is 1. The van der Waals surface area contributed by atoms with Gasteiger partial charge in [0, 0.05) is 11.6 Å². The smallest absolute Gasteiger partial charge is 0.406 e. The van der Waals surface area contributed by atoms with E-state index < -0.39 is 22.1 Å². The summed E-state index contributed by atoms with van der Waals surface area (Å²) >= 11 is 0. The number of nitrogens with zero attached hydrogens (tertiary/aromatic N) is 2. The lowest BCUT2D eigenvalue weighted by Gasteiger charge is -2.10. The van der Waals surface area contributed by atoms with E-state index in [0.29, 0.717) is 11.6 Å². The minimum Gasteiger partial charge on any atom is -0.406 e. The Hall–Kier alpha value is -2.20. The molecule has 1 aliphatic carbocycles. The van der Waals surface area contributed by atoms with Crippen LogP contribution in [0.3, 0.4) is 0 Å². The summed E-state index contributed by atoms with van der Waals surface area (Å²) in [6.45, 7) is -0.0363. The van der Waals surface area contributed by atoms with Crippen LogP contribution in [-0.4, -0.2) is 24.7 Å².